The molecule has 0 aromatic rings. The van der Waals surface area contributed by atoms with Crippen molar-refractivity contribution in [3.05, 3.63) is 0 Å². The number of hydrogen-bond acceptors (Lipinski definition) is 2. The van der Waals surface area contributed by atoms with Crippen molar-refractivity contribution in [2.24, 2.45) is 11.8 Å². The molecule has 1 fully saturated rings. The first-order chi connectivity index (χ1) is 8.42. The summed E-state index contributed by atoms with van der Waals surface area (Å²) in [5.41, 5.74) is 0. The Morgan fingerprint density at radius 1 is 1.22 bits per heavy atom. The maximum atomic E-state index is 11.9. The Morgan fingerprint density at radius 2 is 1.94 bits per heavy atom. The molecular weight excluding hydrogens is 245 g/mol. The van der Waals surface area contributed by atoms with Crippen molar-refractivity contribution in [1.29, 1.82) is 0 Å². The van der Waals surface area contributed by atoms with Crippen molar-refractivity contribution in [3.63, 3.8) is 0 Å². The summed E-state index contributed by atoms with van der Waals surface area (Å²) in [7, 11) is 0. The summed E-state index contributed by atoms with van der Waals surface area (Å²) in [5.74, 6) is 0.717. The maximum Gasteiger partial charge on any atom is 0.411 e. The van der Waals surface area contributed by atoms with Crippen molar-refractivity contribution >= 4 is 0 Å². The van der Waals surface area contributed by atoms with Gasteiger partial charge in [-0.3, -0.25) is 0 Å². The van der Waals surface area contributed by atoms with Crippen molar-refractivity contribution in [2.75, 3.05) is 13.2 Å². The third-order valence-corrected chi connectivity index (χ3v) is 3.65. The molecule has 0 bridgehead atoms. The van der Waals surface area contributed by atoms with Crippen molar-refractivity contribution in [2.45, 2.75) is 57.7 Å². The zero-order valence-corrected chi connectivity index (χ0v) is 10.9. The SMILES string of the molecule is CCCC1CCC(O)C(CCOCC(F)(F)F)C1. The number of hydrogen-bond donors (Lipinski definition) is 1. The van der Waals surface area contributed by atoms with E-state index < -0.39 is 12.8 Å². The first-order valence-electron chi connectivity index (χ1n) is 6.75. The van der Waals surface area contributed by atoms with Gasteiger partial charge in [0.2, 0.25) is 0 Å². The smallest absolute Gasteiger partial charge is 0.393 e. The second-order valence-corrected chi connectivity index (χ2v) is 5.25. The molecule has 0 heterocycles. The van der Waals surface area contributed by atoms with E-state index in [2.05, 4.69) is 11.7 Å². The fraction of sp³-hybridized carbons (Fsp3) is 1.00. The van der Waals surface area contributed by atoms with Crippen LogP contribution in [-0.4, -0.2) is 30.6 Å². The van der Waals surface area contributed by atoms with Gasteiger partial charge in [0.05, 0.1) is 6.10 Å². The molecule has 1 N–H and O–H groups in total. The van der Waals surface area contributed by atoms with E-state index in [9.17, 15) is 18.3 Å². The van der Waals surface area contributed by atoms with Crippen LogP contribution in [0.1, 0.15) is 45.4 Å². The molecule has 0 aliphatic heterocycles. The second-order valence-electron chi connectivity index (χ2n) is 5.25. The summed E-state index contributed by atoms with van der Waals surface area (Å²) in [6.45, 7) is 1.03. The van der Waals surface area contributed by atoms with Gasteiger partial charge < -0.3 is 9.84 Å². The van der Waals surface area contributed by atoms with Gasteiger partial charge in [0.1, 0.15) is 6.61 Å². The molecule has 0 aromatic carbocycles. The van der Waals surface area contributed by atoms with E-state index in [4.69, 9.17) is 0 Å². The van der Waals surface area contributed by atoms with E-state index in [-0.39, 0.29) is 18.6 Å². The number of alkyl halides is 3. The number of halogens is 3. The zero-order valence-electron chi connectivity index (χ0n) is 10.9. The molecule has 1 rings (SSSR count). The average Bonchev–Trinajstić information content (AvgIpc) is 2.27. The van der Waals surface area contributed by atoms with Gasteiger partial charge in [0.15, 0.2) is 0 Å². The lowest BCUT2D eigenvalue weighted by Crippen LogP contribution is -2.30. The zero-order chi connectivity index (χ0) is 13.6. The topological polar surface area (TPSA) is 29.5 Å². The molecule has 1 saturated carbocycles. The molecule has 0 aromatic heterocycles. The van der Waals surface area contributed by atoms with Gasteiger partial charge in [-0.15, -0.1) is 0 Å². The first kappa shape index (κ1) is 15.8. The van der Waals surface area contributed by atoms with Crippen LogP contribution >= 0.6 is 0 Å². The highest BCUT2D eigenvalue weighted by Gasteiger charge is 2.30. The van der Waals surface area contributed by atoms with Crippen molar-refractivity contribution in [1.82, 2.24) is 0 Å². The van der Waals surface area contributed by atoms with Crippen LogP contribution in [0.3, 0.4) is 0 Å². The van der Waals surface area contributed by atoms with Crippen LogP contribution in [0.4, 0.5) is 13.2 Å². The number of rotatable bonds is 6. The van der Waals surface area contributed by atoms with Gasteiger partial charge in [-0.2, -0.15) is 13.2 Å². The fourth-order valence-corrected chi connectivity index (χ4v) is 2.75. The Hall–Kier alpha value is -0.290. The number of ether oxygens (including phenoxy) is 1. The summed E-state index contributed by atoms with van der Waals surface area (Å²) < 4.78 is 40.3. The van der Waals surface area contributed by atoms with Crippen LogP contribution in [0.15, 0.2) is 0 Å². The lowest BCUT2D eigenvalue weighted by Gasteiger charge is -2.33. The predicted molar refractivity (Wildman–Crippen MR) is 63.2 cm³/mol. The fourth-order valence-electron chi connectivity index (χ4n) is 2.75. The molecule has 0 amide bonds. The third kappa shape index (κ3) is 6.05. The van der Waals surface area contributed by atoms with Crippen LogP contribution in [0.5, 0.6) is 0 Å². The molecule has 3 atom stereocenters. The standard InChI is InChI=1S/C13H23F3O2/c1-2-3-10-4-5-12(17)11(8-10)6-7-18-9-13(14,15)16/h10-12,17H,2-9H2,1H3. The van der Waals surface area contributed by atoms with E-state index in [1.807, 2.05) is 0 Å². The van der Waals surface area contributed by atoms with Gasteiger partial charge in [0, 0.05) is 6.61 Å². The molecular formula is C13H23F3O2. The molecule has 1 aliphatic rings. The molecule has 0 radical (unpaired) electrons. The summed E-state index contributed by atoms with van der Waals surface area (Å²) in [6, 6.07) is 0. The highest BCUT2D eigenvalue weighted by molar-refractivity contribution is 4.79. The predicted octanol–water partition coefficient (Wildman–Crippen LogP) is 3.53. The van der Waals surface area contributed by atoms with Crippen LogP contribution in [-0.2, 0) is 4.74 Å². The molecule has 2 nitrogen and oxygen atoms in total. The van der Waals surface area contributed by atoms with Gasteiger partial charge >= 0.3 is 6.18 Å². The molecule has 18 heavy (non-hydrogen) atoms. The first-order valence-corrected chi connectivity index (χ1v) is 6.75. The minimum absolute atomic E-state index is 0.0834. The molecule has 1 aliphatic carbocycles. The summed E-state index contributed by atoms with van der Waals surface area (Å²) >= 11 is 0. The van der Waals surface area contributed by atoms with E-state index >= 15 is 0 Å². The van der Waals surface area contributed by atoms with E-state index in [1.165, 1.54) is 0 Å². The van der Waals surface area contributed by atoms with Crippen molar-refractivity contribution in [3.8, 4) is 0 Å². The number of aliphatic hydroxyl groups is 1. The highest BCUT2D eigenvalue weighted by Crippen LogP contribution is 2.34. The minimum Gasteiger partial charge on any atom is -0.393 e. The summed E-state index contributed by atoms with van der Waals surface area (Å²) in [4.78, 5) is 0. The lowest BCUT2D eigenvalue weighted by molar-refractivity contribution is -0.175. The minimum atomic E-state index is -4.25. The largest absolute Gasteiger partial charge is 0.411 e. The van der Waals surface area contributed by atoms with E-state index in [0.29, 0.717) is 12.3 Å². The van der Waals surface area contributed by atoms with Crippen molar-refractivity contribution < 1.29 is 23.0 Å². The van der Waals surface area contributed by atoms with Gasteiger partial charge in [-0.25, -0.2) is 0 Å². The molecule has 3 unspecified atom stereocenters. The van der Waals surface area contributed by atoms with Gasteiger partial charge in [-0.1, -0.05) is 19.8 Å². The van der Waals surface area contributed by atoms with Crippen LogP contribution in [0.25, 0.3) is 0 Å². The Morgan fingerprint density at radius 3 is 2.56 bits per heavy atom. The molecule has 108 valence electrons. The Balaban J connectivity index is 2.22. The van der Waals surface area contributed by atoms with E-state index in [1.54, 1.807) is 0 Å². The number of aliphatic hydroxyl groups excluding tert-OH is 1. The average molecular weight is 268 g/mol. The van der Waals surface area contributed by atoms with Gasteiger partial charge in [0.25, 0.3) is 0 Å². The highest BCUT2D eigenvalue weighted by atomic mass is 19.4. The summed E-state index contributed by atoms with van der Waals surface area (Å²) in [5, 5.41) is 9.84. The quantitative estimate of drug-likeness (QED) is 0.747. The third-order valence-electron chi connectivity index (χ3n) is 3.65. The lowest BCUT2D eigenvalue weighted by atomic mass is 9.76. The monoisotopic (exact) mass is 268 g/mol. The molecule has 0 saturated heterocycles. The maximum absolute atomic E-state index is 11.9. The Bertz CT molecular complexity index is 231. The normalized spacial score (nSPS) is 29.5. The Labute approximate surface area is 107 Å². The van der Waals surface area contributed by atoms with E-state index in [0.717, 1.165) is 32.1 Å². The Kier molecular flexibility index (Phi) is 6.43. The van der Waals surface area contributed by atoms with Crippen LogP contribution < -0.4 is 0 Å². The molecule has 5 heteroatoms. The molecule has 0 spiro atoms. The van der Waals surface area contributed by atoms with Gasteiger partial charge in [-0.05, 0) is 37.5 Å². The second kappa shape index (κ2) is 7.34. The van der Waals surface area contributed by atoms with Crippen LogP contribution in [0, 0.1) is 11.8 Å². The summed E-state index contributed by atoms with van der Waals surface area (Å²) in [6.07, 6.45) is 0.902. The van der Waals surface area contributed by atoms with Crippen LogP contribution in [0.2, 0.25) is 0 Å².